The van der Waals surface area contributed by atoms with E-state index in [-0.39, 0.29) is 49.3 Å². The molecule has 0 heterocycles. The van der Waals surface area contributed by atoms with Crippen molar-refractivity contribution in [2.45, 2.75) is 11.3 Å². The molecule has 10 heteroatoms. The summed E-state index contributed by atoms with van der Waals surface area (Å²) in [5, 5.41) is -0.126. The summed E-state index contributed by atoms with van der Waals surface area (Å²) in [4.78, 5) is 0. The lowest BCUT2D eigenvalue weighted by atomic mass is 10.2. The Labute approximate surface area is 136 Å². The van der Waals surface area contributed by atoms with Crippen LogP contribution in [-0.2, 0) is 10.8 Å². The Hall–Kier alpha value is 1.13. The molecule has 0 aliphatic carbocycles. The van der Waals surface area contributed by atoms with Crippen LogP contribution in [0.15, 0.2) is 0 Å². The van der Waals surface area contributed by atoms with Crippen LogP contribution in [0.3, 0.4) is 0 Å². The van der Waals surface area contributed by atoms with E-state index in [1.807, 2.05) is 0 Å². The second-order valence-electron chi connectivity index (χ2n) is 2.84. The van der Waals surface area contributed by atoms with Crippen molar-refractivity contribution >= 4 is 81.6 Å². The maximum atomic E-state index is 12.3. The van der Waals surface area contributed by atoms with Gasteiger partial charge in [-0.25, -0.2) is 0 Å². The van der Waals surface area contributed by atoms with E-state index in [1.165, 1.54) is 0 Å². The first-order valence-electron chi connectivity index (χ1n) is 4.02. The molecule has 0 unspecified atom stereocenters. The third kappa shape index (κ3) is 4.32. The number of rotatable bonds is 4. The summed E-state index contributed by atoms with van der Waals surface area (Å²) in [6.07, 6.45) is 0. The highest BCUT2D eigenvalue weighted by Crippen LogP contribution is 2.45. The largest absolute Gasteiger partial charge is 0.395 e. The van der Waals surface area contributed by atoms with Gasteiger partial charge in [0.15, 0.2) is 0 Å². The smallest absolute Gasteiger partial charge is 0.304 e. The molecule has 0 spiro atoms. The van der Waals surface area contributed by atoms with Crippen molar-refractivity contribution in [2.24, 2.45) is 0 Å². The molecule has 1 rings (SSSR count). The van der Waals surface area contributed by atoms with Crippen LogP contribution in [0.5, 0.6) is 0 Å². The second-order valence-corrected chi connectivity index (χ2v) is 6.34. The first-order valence-corrected chi connectivity index (χ1v) is 7.03. The highest BCUT2D eigenvalue weighted by molar-refractivity contribution is 7.96. The van der Waals surface area contributed by atoms with Gasteiger partial charge in [0.2, 0.25) is 0 Å². The van der Waals surface area contributed by atoms with E-state index in [0.717, 1.165) is 0 Å². The lowest BCUT2D eigenvalue weighted by molar-refractivity contribution is 0.185. The third-order valence-corrected chi connectivity index (χ3v) is 4.63. The van der Waals surface area contributed by atoms with Crippen LogP contribution in [0.1, 0.15) is 5.56 Å². The molecule has 0 N–H and O–H groups in total. The topological polar surface area (TPSA) is 9.23 Å². The molecule has 0 radical (unpaired) electrons. The minimum absolute atomic E-state index is 0.0189. The van der Waals surface area contributed by atoms with E-state index < -0.39 is 4.71 Å². The number of halogens is 8. The first-order chi connectivity index (χ1) is 8.15. The van der Waals surface area contributed by atoms with Gasteiger partial charge in [0.05, 0.1) is 43.8 Å². The van der Waals surface area contributed by atoms with Crippen LogP contribution in [0.4, 0.5) is 8.78 Å². The molecule has 0 aromatic heterocycles. The SMILES string of the molecule is FC(F)(Cl)SOCc1c(Cl)c(Cl)c(Cl)c(Cl)c1Cl. The van der Waals surface area contributed by atoms with Crippen molar-refractivity contribution in [1.29, 1.82) is 0 Å². The average Bonchev–Trinajstić information content (AvgIpc) is 2.27. The molecule has 0 bridgehead atoms. The fourth-order valence-corrected chi connectivity index (χ4v) is 2.66. The summed E-state index contributed by atoms with van der Waals surface area (Å²) in [6, 6.07) is 0. The van der Waals surface area contributed by atoms with Crippen molar-refractivity contribution in [3.63, 3.8) is 0 Å². The number of hydrogen-bond donors (Lipinski definition) is 0. The summed E-state index contributed by atoms with van der Waals surface area (Å²) >= 11 is 33.4. The van der Waals surface area contributed by atoms with Gasteiger partial charge in [-0.1, -0.05) is 58.0 Å². The maximum Gasteiger partial charge on any atom is 0.395 e. The predicted molar refractivity (Wildman–Crippen MR) is 74.7 cm³/mol. The van der Waals surface area contributed by atoms with E-state index in [0.29, 0.717) is 0 Å². The second kappa shape index (κ2) is 6.72. The fourth-order valence-electron chi connectivity index (χ4n) is 0.932. The Morgan fingerprint density at radius 1 is 0.889 bits per heavy atom. The molecule has 0 fully saturated rings. The number of hydrogen-bond acceptors (Lipinski definition) is 2. The Kier molecular flexibility index (Phi) is 6.42. The molecule has 0 saturated carbocycles. The zero-order chi connectivity index (χ0) is 14.1. The van der Waals surface area contributed by atoms with Gasteiger partial charge in [0.1, 0.15) is 0 Å². The van der Waals surface area contributed by atoms with E-state index in [4.69, 9.17) is 58.0 Å². The molecular weight excluding hydrogens is 395 g/mol. The van der Waals surface area contributed by atoms with Crippen molar-refractivity contribution in [2.75, 3.05) is 0 Å². The van der Waals surface area contributed by atoms with Crippen LogP contribution >= 0.6 is 81.6 Å². The highest BCUT2D eigenvalue weighted by atomic mass is 35.5. The average molecular weight is 397 g/mol. The lowest BCUT2D eigenvalue weighted by Crippen LogP contribution is -2.00. The Balaban J connectivity index is 2.96. The van der Waals surface area contributed by atoms with Gasteiger partial charge < -0.3 is 4.18 Å². The van der Waals surface area contributed by atoms with Gasteiger partial charge in [0.25, 0.3) is 0 Å². The monoisotopic (exact) mass is 394 g/mol. The van der Waals surface area contributed by atoms with E-state index in [2.05, 4.69) is 15.8 Å². The normalized spacial score (nSPS) is 12.0. The molecule has 0 aliphatic heterocycles. The lowest BCUT2D eigenvalue weighted by Gasteiger charge is -2.13. The zero-order valence-electron chi connectivity index (χ0n) is 8.05. The standard InChI is InChI=1S/C8H2Cl6F2OS/c9-3-2(1-17-18-8(14,15)16)4(10)6(12)7(13)5(3)11/h1H2. The van der Waals surface area contributed by atoms with E-state index in [9.17, 15) is 8.78 Å². The molecule has 1 aromatic carbocycles. The van der Waals surface area contributed by atoms with Crippen molar-refractivity contribution in [3.8, 4) is 0 Å². The van der Waals surface area contributed by atoms with Crippen molar-refractivity contribution in [3.05, 3.63) is 30.7 Å². The highest BCUT2D eigenvalue weighted by Gasteiger charge is 2.28. The molecular formula is C8H2Cl6F2OS. The zero-order valence-corrected chi connectivity index (χ0v) is 13.4. The molecule has 0 saturated heterocycles. The van der Waals surface area contributed by atoms with E-state index >= 15 is 0 Å². The molecule has 1 nitrogen and oxygen atoms in total. The van der Waals surface area contributed by atoms with Crippen molar-refractivity contribution < 1.29 is 13.0 Å². The molecule has 102 valence electrons. The van der Waals surface area contributed by atoms with Gasteiger partial charge in [-0.15, -0.1) is 0 Å². The fraction of sp³-hybridized carbons (Fsp3) is 0.250. The third-order valence-electron chi connectivity index (χ3n) is 1.66. The van der Waals surface area contributed by atoms with Gasteiger partial charge >= 0.3 is 4.71 Å². The number of benzene rings is 1. The van der Waals surface area contributed by atoms with Gasteiger partial charge in [-0.2, -0.15) is 8.78 Å². The Morgan fingerprint density at radius 3 is 1.67 bits per heavy atom. The summed E-state index contributed by atoms with van der Waals surface area (Å²) < 4.78 is 25.7. The van der Waals surface area contributed by atoms with Gasteiger partial charge in [-0.3, -0.25) is 0 Å². The van der Waals surface area contributed by atoms with Crippen LogP contribution < -0.4 is 0 Å². The summed E-state index contributed by atoms with van der Waals surface area (Å²) in [7, 11) is 0. The molecule has 0 amide bonds. The predicted octanol–water partition coefficient (Wildman–Crippen LogP) is 6.91. The number of alkyl halides is 3. The van der Waals surface area contributed by atoms with Gasteiger partial charge in [0, 0.05) is 5.56 Å². The van der Waals surface area contributed by atoms with Crippen LogP contribution in [0.25, 0.3) is 0 Å². The molecule has 0 aliphatic rings. The molecule has 0 atom stereocenters. The quantitative estimate of drug-likeness (QED) is 0.237. The van der Waals surface area contributed by atoms with E-state index in [1.54, 1.807) is 0 Å². The molecule has 18 heavy (non-hydrogen) atoms. The Morgan fingerprint density at radius 2 is 1.28 bits per heavy atom. The van der Waals surface area contributed by atoms with Crippen molar-refractivity contribution in [1.82, 2.24) is 0 Å². The van der Waals surface area contributed by atoms with Crippen LogP contribution in [-0.4, -0.2) is 4.71 Å². The minimum atomic E-state index is -3.56. The first kappa shape index (κ1) is 17.2. The molecule has 1 aromatic rings. The minimum Gasteiger partial charge on any atom is -0.304 e. The van der Waals surface area contributed by atoms with Crippen LogP contribution in [0, 0.1) is 0 Å². The summed E-state index contributed by atoms with van der Waals surface area (Å²) in [5.74, 6) is 0. The van der Waals surface area contributed by atoms with Gasteiger partial charge in [-0.05, 0) is 11.6 Å². The maximum absolute atomic E-state index is 12.3. The van der Waals surface area contributed by atoms with Crippen LogP contribution in [0.2, 0.25) is 25.1 Å². The Bertz CT molecular complexity index is 435. The summed E-state index contributed by atoms with van der Waals surface area (Å²) in [6.45, 7) is -0.360. The summed E-state index contributed by atoms with van der Waals surface area (Å²) in [5.41, 5.74) is 0.145.